The molecule has 3 nitrogen and oxygen atoms in total. The molecule has 100 valence electrons. The van der Waals surface area contributed by atoms with E-state index in [1.165, 1.54) is 45.2 Å². The SMILES string of the molecule is O=C1CCC[C@H]2[C@H]3CCCN4CCC[C@@H](CN12)[C@H]34. The molecule has 3 heteroatoms. The van der Waals surface area contributed by atoms with Crippen molar-refractivity contribution in [3.05, 3.63) is 0 Å². The van der Waals surface area contributed by atoms with E-state index in [1.807, 2.05) is 0 Å². The van der Waals surface area contributed by atoms with E-state index in [2.05, 4.69) is 9.80 Å². The molecular formula is C15H24N2O. The van der Waals surface area contributed by atoms with E-state index < -0.39 is 0 Å². The lowest BCUT2D eigenvalue weighted by atomic mass is 9.68. The van der Waals surface area contributed by atoms with Crippen molar-refractivity contribution in [2.75, 3.05) is 19.6 Å². The first kappa shape index (κ1) is 11.3. The molecule has 0 aromatic carbocycles. The van der Waals surface area contributed by atoms with E-state index in [-0.39, 0.29) is 0 Å². The van der Waals surface area contributed by atoms with Crippen LogP contribution in [0, 0.1) is 11.8 Å². The van der Waals surface area contributed by atoms with Crippen molar-refractivity contribution in [2.45, 2.75) is 57.0 Å². The first-order valence-electron chi connectivity index (χ1n) is 7.88. The zero-order valence-corrected chi connectivity index (χ0v) is 11.2. The van der Waals surface area contributed by atoms with E-state index in [4.69, 9.17) is 0 Å². The standard InChI is InChI=1S/C15H24N2O/c18-14-7-1-6-13-12-5-3-9-16-8-2-4-11(15(12)16)10-17(13)14/h11-13,15H,1-10H2/t11-,12+,13-,15+/m0/s1. The van der Waals surface area contributed by atoms with Crippen LogP contribution in [0.5, 0.6) is 0 Å². The Bertz CT molecular complexity index is 354. The van der Waals surface area contributed by atoms with Gasteiger partial charge in [-0.15, -0.1) is 0 Å². The smallest absolute Gasteiger partial charge is 0.222 e. The summed E-state index contributed by atoms with van der Waals surface area (Å²) >= 11 is 0. The molecule has 0 N–H and O–H groups in total. The van der Waals surface area contributed by atoms with Gasteiger partial charge in [-0.1, -0.05) is 0 Å². The lowest BCUT2D eigenvalue weighted by Crippen LogP contribution is -2.66. The Kier molecular flexibility index (Phi) is 2.65. The third-order valence-electron chi connectivity index (χ3n) is 5.88. The van der Waals surface area contributed by atoms with Crippen LogP contribution < -0.4 is 0 Å². The maximum absolute atomic E-state index is 12.2. The summed E-state index contributed by atoms with van der Waals surface area (Å²) in [6.45, 7) is 3.71. The average Bonchev–Trinajstić information content (AvgIpc) is 2.41. The van der Waals surface area contributed by atoms with Crippen LogP contribution in [0.3, 0.4) is 0 Å². The van der Waals surface area contributed by atoms with Gasteiger partial charge in [0.25, 0.3) is 0 Å². The Morgan fingerprint density at radius 1 is 1.00 bits per heavy atom. The Morgan fingerprint density at radius 3 is 2.72 bits per heavy atom. The molecule has 0 saturated carbocycles. The molecule has 0 spiro atoms. The van der Waals surface area contributed by atoms with Crippen LogP contribution in [-0.2, 0) is 4.79 Å². The zero-order chi connectivity index (χ0) is 12.1. The molecule has 0 aliphatic carbocycles. The van der Waals surface area contributed by atoms with Gasteiger partial charge in [-0.05, 0) is 63.5 Å². The lowest BCUT2D eigenvalue weighted by molar-refractivity contribution is -0.150. The molecule has 0 bridgehead atoms. The Morgan fingerprint density at radius 2 is 1.83 bits per heavy atom. The summed E-state index contributed by atoms with van der Waals surface area (Å²) in [6, 6.07) is 1.41. The molecule has 1 amide bonds. The third kappa shape index (κ3) is 1.56. The van der Waals surface area contributed by atoms with Crippen molar-refractivity contribution in [3.8, 4) is 0 Å². The van der Waals surface area contributed by atoms with Gasteiger partial charge >= 0.3 is 0 Å². The minimum Gasteiger partial charge on any atom is -0.339 e. The highest BCUT2D eigenvalue weighted by Gasteiger charge is 2.50. The molecule has 4 aliphatic heterocycles. The first-order valence-corrected chi connectivity index (χ1v) is 7.88. The summed E-state index contributed by atoms with van der Waals surface area (Å²) < 4.78 is 0. The van der Waals surface area contributed by atoms with Crippen molar-refractivity contribution in [3.63, 3.8) is 0 Å². The quantitative estimate of drug-likeness (QED) is 0.653. The van der Waals surface area contributed by atoms with Gasteiger partial charge in [-0.3, -0.25) is 9.69 Å². The molecule has 4 fully saturated rings. The van der Waals surface area contributed by atoms with E-state index >= 15 is 0 Å². The number of rotatable bonds is 0. The Hall–Kier alpha value is -0.570. The number of hydrogen-bond acceptors (Lipinski definition) is 2. The highest BCUT2D eigenvalue weighted by Crippen LogP contribution is 2.44. The molecule has 0 radical (unpaired) electrons. The summed E-state index contributed by atoms with van der Waals surface area (Å²) in [5.74, 6) is 2.02. The van der Waals surface area contributed by atoms with Gasteiger partial charge in [-0.25, -0.2) is 0 Å². The van der Waals surface area contributed by atoms with E-state index in [9.17, 15) is 4.79 Å². The summed E-state index contributed by atoms with van der Waals surface area (Å²) in [5.41, 5.74) is 0. The number of fused-ring (bicyclic) bond motifs is 2. The molecule has 0 unspecified atom stereocenters. The third-order valence-corrected chi connectivity index (χ3v) is 5.88. The predicted molar refractivity (Wildman–Crippen MR) is 70.2 cm³/mol. The summed E-state index contributed by atoms with van der Waals surface area (Å²) in [4.78, 5) is 17.2. The second-order valence-corrected chi connectivity index (χ2v) is 6.74. The molecule has 0 aromatic heterocycles. The van der Waals surface area contributed by atoms with Gasteiger partial charge < -0.3 is 4.90 Å². The number of piperidine rings is 4. The molecule has 0 aromatic rings. The minimum atomic E-state index is 0.451. The maximum atomic E-state index is 12.2. The number of nitrogens with zero attached hydrogens (tertiary/aromatic N) is 2. The largest absolute Gasteiger partial charge is 0.339 e. The summed E-state index contributed by atoms with van der Waals surface area (Å²) in [5, 5.41) is 0. The van der Waals surface area contributed by atoms with E-state index in [1.54, 1.807) is 0 Å². The topological polar surface area (TPSA) is 23.6 Å². The van der Waals surface area contributed by atoms with Crippen molar-refractivity contribution >= 4 is 5.91 Å². The van der Waals surface area contributed by atoms with Crippen LogP contribution in [0.25, 0.3) is 0 Å². The molecule has 4 heterocycles. The average molecular weight is 248 g/mol. The van der Waals surface area contributed by atoms with Crippen LogP contribution >= 0.6 is 0 Å². The number of carbonyl (C=O) groups is 1. The van der Waals surface area contributed by atoms with Gasteiger partial charge in [0.1, 0.15) is 0 Å². The van der Waals surface area contributed by atoms with Crippen molar-refractivity contribution in [1.82, 2.24) is 9.80 Å². The van der Waals surface area contributed by atoms with Gasteiger partial charge in [0, 0.05) is 25.0 Å². The lowest BCUT2D eigenvalue weighted by Gasteiger charge is -2.58. The maximum Gasteiger partial charge on any atom is 0.222 e. The predicted octanol–water partition coefficient (Wildman–Crippen LogP) is 1.87. The number of carbonyl (C=O) groups excluding carboxylic acids is 1. The van der Waals surface area contributed by atoms with E-state index in [0.717, 1.165) is 37.3 Å². The fourth-order valence-electron chi connectivity index (χ4n) is 5.26. The van der Waals surface area contributed by atoms with Crippen molar-refractivity contribution in [1.29, 1.82) is 0 Å². The summed E-state index contributed by atoms with van der Waals surface area (Å²) in [6.07, 6.45) is 8.64. The molecule has 4 aliphatic rings. The fourth-order valence-corrected chi connectivity index (χ4v) is 5.26. The van der Waals surface area contributed by atoms with Crippen LogP contribution in [0.2, 0.25) is 0 Å². The molecule has 4 atom stereocenters. The molecule has 4 saturated heterocycles. The van der Waals surface area contributed by atoms with Crippen molar-refractivity contribution in [2.24, 2.45) is 11.8 Å². The molecule has 4 rings (SSSR count). The fraction of sp³-hybridized carbons (Fsp3) is 0.933. The van der Waals surface area contributed by atoms with Crippen LogP contribution in [0.1, 0.15) is 44.9 Å². The van der Waals surface area contributed by atoms with Gasteiger partial charge in [0.05, 0.1) is 0 Å². The second-order valence-electron chi connectivity index (χ2n) is 6.74. The Balaban J connectivity index is 1.66. The Labute approximate surface area is 110 Å². The highest BCUT2D eigenvalue weighted by molar-refractivity contribution is 5.77. The van der Waals surface area contributed by atoms with Gasteiger partial charge in [-0.2, -0.15) is 0 Å². The minimum absolute atomic E-state index is 0.451. The normalized spacial score (nSPS) is 44.4. The number of hydrogen-bond donors (Lipinski definition) is 0. The first-order chi connectivity index (χ1) is 8.84. The van der Waals surface area contributed by atoms with Crippen LogP contribution in [0.4, 0.5) is 0 Å². The van der Waals surface area contributed by atoms with Gasteiger partial charge in [0.15, 0.2) is 0 Å². The van der Waals surface area contributed by atoms with Crippen LogP contribution in [-0.4, -0.2) is 47.4 Å². The molecule has 18 heavy (non-hydrogen) atoms. The van der Waals surface area contributed by atoms with Gasteiger partial charge in [0.2, 0.25) is 5.91 Å². The summed E-state index contributed by atoms with van der Waals surface area (Å²) in [7, 11) is 0. The van der Waals surface area contributed by atoms with Crippen molar-refractivity contribution < 1.29 is 4.79 Å². The zero-order valence-electron chi connectivity index (χ0n) is 11.2. The highest BCUT2D eigenvalue weighted by atomic mass is 16.2. The second kappa shape index (κ2) is 4.22. The monoisotopic (exact) mass is 248 g/mol. The number of amides is 1. The molecular weight excluding hydrogens is 224 g/mol. The van der Waals surface area contributed by atoms with E-state index in [0.29, 0.717) is 11.9 Å². The van der Waals surface area contributed by atoms with Crippen LogP contribution in [0.15, 0.2) is 0 Å².